The van der Waals surface area contributed by atoms with Crippen molar-refractivity contribution < 1.29 is 9.90 Å². The van der Waals surface area contributed by atoms with Crippen LogP contribution in [0.5, 0.6) is 0 Å². The second kappa shape index (κ2) is 4.35. The fourth-order valence-electron chi connectivity index (χ4n) is 2.87. The summed E-state index contributed by atoms with van der Waals surface area (Å²) in [6.07, 6.45) is 5.43. The highest BCUT2D eigenvalue weighted by molar-refractivity contribution is 7.14. The van der Waals surface area contributed by atoms with Crippen LogP contribution in [0.2, 0.25) is 0 Å². The monoisotopic (exact) mass is 265 g/mol. The molecule has 4 heteroatoms. The third kappa shape index (κ3) is 2.19. The molecule has 2 heterocycles. The molecule has 0 spiro atoms. The van der Waals surface area contributed by atoms with Crippen LogP contribution in [0.25, 0.3) is 0 Å². The number of rotatable bonds is 1. The standard InChI is InChI=1S/C14H19NO2S/c1-14(17)6-7-15(9-14)13(16)12-8-10-4-2-3-5-11(10)18-12/h8,17H,2-7,9H2,1H3. The average Bonchev–Trinajstić information content (AvgIpc) is 2.91. The summed E-state index contributed by atoms with van der Waals surface area (Å²) in [7, 11) is 0. The number of hydrogen-bond donors (Lipinski definition) is 1. The molecule has 3 rings (SSSR count). The number of β-amino-alcohol motifs (C(OH)–C–C–N with tert-alkyl or cyclic N) is 1. The largest absolute Gasteiger partial charge is 0.388 e. The highest BCUT2D eigenvalue weighted by Crippen LogP contribution is 2.31. The topological polar surface area (TPSA) is 40.5 Å². The van der Waals surface area contributed by atoms with Crippen LogP contribution in [0.3, 0.4) is 0 Å². The summed E-state index contributed by atoms with van der Waals surface area (Å²) in [4.78, 5) is 16.4. The van der Waals surface area contributed by atoms with Crippen molar-refractivity contribution in [2.75, 3.05) is 13.1 Å². The molecule has 0 saturated carbocycles. The highest BCUT2D eigenvalue weighted by Gasteiger charge is 2.35. The first kappa shape index (κ1) is 12.2. The predicted molar refractivity (Wildman–Crippen MR) is 72.1 cm³/mol. The summed E-state index contributed by atoms with van der Waals surface area (Å²) in [5.41, 5.74) is 0.674. The minimum atomic E-state index is -0.702. The molecule has 1 fully saturated rings. The van der Waals surface area contributed by atoms with E-state index in [1.54, 1.807) is 23.2 Å². The Hall–Kier alpha value is -0.870. The minimum absolute atomic E-state index is 0.104. The Morgan fingerprint density at radius 2 is 2.22 bits per heavy atom. The van der Waals surface area contributed by atoms with Gasteiger partial charge in [0.15, 0.2) is 0 Å². The van der Waals surface area contributed by atoms with E-state index in [1.807, 2.05) is 0 Å². The molecule has 1 aliphatic carbocycles. The van der Waals surface area contributed by atoms with Gasteiger partial charge < -0.3 is 10.0 Å². The Labute approximate surface area is 111 Å². The SMILES string of the molecule is CC1(O)CCN(C(=O)c2cc3c(s2)CCCC3)C1. The van der Waals surface area contributed by atoms with Crippen molar-refractivity contribution in [2.24, 2.45) is 0 Å². The number of likely N-dealkylation sites (tertiary alicyclic amines) is 1. The summed E-state index contributed by atoms with van der Waals surface area (Å²) in [5.74, 6) is 0.104. The summed E-state index contributed by atoms with van der Waals surface area (Å²) >= 11 is 1.66. The Morgan fingerprint density at radius 1 is 1.44 bits per heavy atom. The molecule has 1 N–H and O–H groups in total. The van der Waals surface area contributed by atoms with Crippen molar-refractivity contribution in [1.82, 2.24) is 4.90 Å². The first-order valence-corrected chi connectivity index (χ1v) is 7.50. The van der Waals surface area contributed by atoms with Gasteiger partial charge in [-0.25, -0.2) is 0 Å². The zero-order chi connectivity index (χ0) is 12.8. The molecule has 0 radical (unpaired) electrons. The van der Waals surface area contributed by atoms with Gasteiger partial charge in [-0.15, -0.1) is 11.3 Å². The molecular weight excluding hydrogens is 246 g/mol. The van der Waals surface area contributed by atoms with Crippen LogP contribution in [0.4, 0.5) is 0 Å². The maximum atomic E-state index is 12.4. The molecule has 1 atom stereocenters. The van der Waals surface area contributed by atoms with Gasteiger partial charge in [0.25, 0.3) is 5.91 Å². The van der Waals surface area contributed by atoms with Gasteiger partial charge in [-0.3, -0.25) is 4.79 Å². The zero-order valence-corrected chi connectivity index (χ0v) is 11.6. The number of carbonyl (C=O) groups is 1. The third-order valence-corrected chi connectivity index (χ3v) is 5.17. The van der Waals surface area contributed by atoms with Crippen LogP contribution in [-0.2, 0) is 12.8 Å². The zero-order valence-electron chi connectivity index (χ0n) is 10.7. The molecule has 1 amide bonds. The summed E-state index contributed by atoms with van der Waals surface area (Å²) < 4.78 is 0. The van der Waals surface area contributed by atoms with Crippen LogP contribution in [0.1, 0.15) is 46.3 Å². The van der Waals surface area contributed by atoms with Gasteiger partial charge >= 0.3 is 0 Å². The van der Waals surface area contributed by atoms with Gasteiger partial charge in [0.1, 0.15) is 0 Å². The van der Waals surface area contributed by atoms with Crippen LogP contribution >= 0.6 is 11.3 Å². The van der Waals surface area contributed by atoms with E-state index >= 15 is 0 Å². The van der Waals surface area contributed by atoms with Crippen molar-refractivity contribution in [2.45, 2.75) is 44.6 Å². The molecule has 1 aromatic heterocycles. The second-order valence-corrected chi connectivity index (χ2v) is 6.88. The fourth-order valence-corrected chi connectivity index (χ4v) is 4.09. The highest BCUT2D eigenvalue weighted by atomic mass is 32.1. The average molecular weight is 265 g/mol. The predicted octanol–water partition coefficient (Wildman–Crippen LogP) is 2.22. The normalized spacial score (nSPS) is 27.3. The number of hydrogen-bond acceptors (Lipinski definition) is 3. The Balaban J connectivity index is 1.78. The maximum Gasteiger partial charge on any atom is 0.264 e. The lowest BCUT2D eigenvalue weighted by molar-refractivity contribution is 0.0575. The Kier molecular flexibility index (Phi) is 2.94. The number of carbonyl (C=O) groups excluding carboxylic acids is 1. The number of thiophene rings is 1. The quantitative estimate of drug-likeness (QED) is 0.846. The van der Waals surface area contributed by atoms with Crippen LogP contribution in [0, 0.1) is 0 Å². The van der Waals surface area contributed by atoms with E-state index in [9.17, 15) is 9.90 Å². The van der Waals surface area contributed by atoms with Gasteiger partial charge in [0.2, 0.25) is 0 Å². The number of aryl methyl sites for hydroxylation is 2. The first-order valence-electron chi connectivity index (χ1n) is 6.68. The minimum Gasteiger partial charge on any atom is -0.388 e. The molecule has 0 aromatic carbocycles. The van der Waals surface area contributed by atoms with Gasteiger partial charge in [0, 0.05) is 18.0 Å². The molecular formula is C14H19NO2S. The lowest BCUT2D eigenvalue weighted by Crippen LogP contribution is -2.33. The smallest absolute Gasteiger partial charge is 0.264 e. The van der Waals surface area contributed by atoms with E-state index in [-0.39, 0.29) is 5.91 Å². The lowest BCUT2D eigenvalue weighted by atomic mass is 9.99. The number of nitrogens with zero attached hydrogens (tertiary/aromatic N) is 1. The van der Waals surface area contributed by atoms with Gasteiger partial charge in [-0.1, -0.05) is 0 Å². The van der Waals surface area contributed by atoms with E-state index in [4.69, 9.17) is 0 Å². The first-order chi connectivity index (χ1) is 8.55. The van der Waals surface area contributed by atoms with Gasteiger partial charge in [0.05, 0.1) is 10.5 Å². The number of aliphatic hydroxyl groups is 1. The molecule has 1 aliphatic heterocycles. The summed E-state index contributed by atoms with van der Waals surface area (Å²) in [6.45, 7) is 2.95. The summed E-state index contributed by atoms with van der Waals surface area (Å²) in [5, 5.41) is 9.93. The van der Waals surface area contributed by atoms with Crippen molar-refractivity contribution >= 4 is 17.2 Å². The van der Waals surface area contributed by atoms with Crippen molar-refractivity contribution in [3.05, 3.63) is 21.4 Å². The number of fused-ring (bicyclic) bond motifs is 1. The van der Waals surface area contributed by atoms with Crippen LogP contribution < -0.4 is 0 Å². The third-order valence-electron chi connectivity index (χ3n) is 3.95. The second-order valence-electron chi connectivity index (χ2n) is 5.74. The molecule has 1 unspecified atom stereocenters. The van der Waals surface area contributed by atoms with E-state index < -0.39 is 5.60 Å². The van der Waals surface area contributed by atoms with Crippen LogP contribution in [0.15, 0.2) is 6.07 Å². The lowest BCUT2D eigenvalue weighted by Gasteiger charge is -2.18. The molecule has 98 valence electrons. The molecule has 1 aromatic rings. The van der Waals surface area contributed by atoms with E-state index in [2.05, 4.69) is 6.07 Å². The molecule has 0 bridgehead atoms. The Bertz CT molecular complexity index is 455. The van der Waals surface area contributed by atoms with Crippen molar-refractivity contribution in [3.8, 4) is 0 Å². The molecule has 18 heavy (non-hydrogen) atoms. The molecule has 3 nitrogen and oxygen atoms in total. The van der Waals surface area contributed by atoms with E-state index in [1.165, 1.54) is 23.3 Å². The van der Waals surface area contributed by atoms with Crippen molar-refractivity contribution in [1.29, 1.82) is 0 Å². The maximum absolute atomic E-state index is 12.4. The number of amides is 1. The van der Waals surface area contributed by atoms with Crippen molar-refractivity contribution in [3.63, 3.8) is 0 Å². The molecule has 2 aliphatic rings. The van der Waals surface area contributed by atoms with Gasteiger partial charge in [-0.05, 0) is 50.7 Å². The summed E-state index contributed by atoms with van der Waals surface area (Å²) in [6, 6.07) is 2.08. The van der Waals surface area contributed by atoms with E-state index in [0.29, 0.717) is 19.5 Å². The van der Waals surface area contributed by atoms with Crippen LogP contribution in [-0.4, -0.2) is 34.6 Å². The fraction of sp³-hybridized carbons (Fsp3) is 0.643. The Morgan fingerprint density at radius 3 is 2.89 bits per heavy atom. The van der Waals surface area contributed by atoms with Gasteiger partial charge in [-0.2, -0.15) is 0 Å². The molecule has 1 saturated heterocycles. The van der Waals surface area contributed by atoms with E-state index in [0.717, 1.165) is 17.7 Å².